The van der Waals surface area contributed by atoms with Crippen molar-refractivity contribution in [2.45, 2.75) is 32.8 Å². The number of carbonyl (C=O) groups is 2. The van der Waals surface area contributed by atoms with Crippen molar-refractivity contribution in [2.24, 2.45) is 0 Å². The minimum Gasteiger partial charge on any atom is -0.444 e. The fraction of sp³-hybridized carbons (Fsp3) is 0.263. The van der Waals surface area contributed by atoms with Crippen molar-refractivity contribution in [1.29, 1.82) is 0 Å². The van der Waals surface area contributed by atoms with Gasteiger partial charge in [0.1, 0.15) is 5.60 Å². The van der Waals surface area contributed by atoms with Crippen LogP contribution in [0.15, 0.2) is 54.6 Å². The van der Waals surface area contributed by atoms with Gasteiger partial charge in [-0.05, 0) is 38.5 Å². The first-order valence-electron chi connectivity index (χ1n) is 7.51. The van der Waals surface area contributed by atoms with Gasteiger partial charge in [0.15, 0.2) is 5.78 Å². The summed E-state index contributed by atoms with van der Waals surface area (Å²) in [5, 5.41) is 2.66. The van der Waals surface area contributed by atoms with Gasteiger partial charge in [0.2, 0.25) is 0 Å². The van der Waals surface area contributed by atoms with E-state index in [2.05, 4.69) is 5.32 Å². The van der Waals surface area contributed by atoms with Crippen LogP contribution in [0.25, 0.3) is 0 Å². The predicted molar refractivity (Wildman–Crippen MR) is 90.8 cm³/mol. The van der Waals surface area contributed by atoms with Crippen molar-refractivity contribution in [1.82, 2.24) is 0 Å². The quantitative estimate of drug-likeness (QED) is 0.848. The molecular weight excluding hydrogens is 290 g/mol. The number of anilines is 1. The molecule has 0 saturated heterocycles. The van der Waals surface area contributed by atoms with Gasteiger partial charge in [-0.3, -0.25) is 10.1 Å². The molecule has 4 nitrogen and oxygen atoms in total. The highest BCUT2D eigenvalue weighted by atomic mass is 16.6. The fourth-order valence-electron chi connectivity index (χ4n) is 2.04. The summed E-state index contributed by atoms with van der Waals surface area (Å²) in [6, 6.07) is 16.4. The molecule has 4 heteroatoms. The fourth-order valence-corrected chi connectivity index (χ4v) is 2.04. The maximum atomic E-state index is 12.1. The Morgan fingerprint density at radius 3 is 2.13 bits per heavy atom. The Balaban J connectivity index is 1.95. The molecule has 1 N–H and O–H groups in total. The van der Waals surface area contributed by atoms with E-state index >= 15 is 0 Å². The summed E-state index contributed by atoms with van der Waals surface area (Å²) < 4.78 is 5.19. The van der Waals surface area contributed by atoms with E-state index in [9.17, 15) is 9.59 Å². The van der Waals surface area contributed by atoms with Crippen LogP contribution in [0.2, 0.25) is 0 Å². The number of amides is 1. The Labute approximate surface area is 136 Å². The molecule has 0 aliphatic rings. The third-order valence-corrected chi connectivity index (χ3v) is 3.06. The van der Waals surface area contributed by atoms with E-state index in [1.54, 1.807) is 24.3 Å². The molecule has 2 aromatic carbocycles. The standard InChI is InChI=1S/C19H21NO3/c1-19(2,3)23-18(22)20-16-11-9-14(10-12-16)13-17(21)15-7-5-4-6-8-15/h4-12H,13H2,1-3H3,(H,20,22). The van der Waals surface area contributed by atoms with Gasteiger partial charge in [-0.25, -0.2) is 4.79 Å². The molecule has 0 bridgehead atoms. The number of benzene rings is 2. The van der Waals surface area contributed by atoms with Gasteiger partial charge < -0.3 is 4.74 Å². The monoisotopic (exact) mass is 311 g/mol. The number of ether oxygens (including phenoxy) is 1. The SMILES string of the molecule is CC(C)(C)OC(=O)Nc1ccc(CC(=O)c2ccccc2)cc1. The maximum absolute atomic E-state index is 12.1. The zero-order chi connectivity index (χ0) is 16.9. The summed E-state index contributed by atoms with van der Waals surface area (Å²) in [7, 11) is 0. The molecule has 23 heavy (non-hydrogen) atoms. The van der Waals surface area contributed by atoms with E-state index in [1.165, 1.54) is 0 Å². The molecule has 2 aromatic rings. The average molecular weight is 311 g/mol. The number of carbonyl (C=O) groups excluding carboxylic acids is 2. The number of hydrogen-bond donors (Lipinski definition) is 1. The third kappa shape index (κ3) is 5.58. The lowest BCUT2D eigenvalue weighted by Gasteiger charge is -2.19. The molecule has 0 saturated carbocycles. The summed E-state index contributed by atoms with van der Waals surface area (Å²) in [5.74, 6) is 0.0680. The van der Waals surface area contributed by atoms with E-state index < -0.39 is 11.7 Å². The third-order valence-electron chi connectivity index (χ3n) is 3.06. The lowest BCUT2D eigenvalue weighted by Crippen LogP contribution is -2.27. The van der Waals surface area contributed by atoms with E-state index in [0.717, 1.165) is 5.56 Å². The van der Waals surface area contributed by atoms with Crippen molar-refractivity contribution < 1.29 is 14.3 Å². The van der Waals surface area contributed by atoms with Crippen molar-refractivity contribution in [3.05, 3.63) is 65.7 Å². The second-order valence-corrected chi connectivity index (χ2v) is 6.29. The van der Waals surface area contributed by atoms with Crippen molar-refractivity contribution in [3.63, 3.8) is 0 Å². The molecule has 0 spiro atoms. The van der Waals surface area contributed by atoms with Crippen LogP contribution >= 0.6 is 0 Å². The molecule has 0 aliphatic heterocycles. The van der Waals surface area contributed by atoms with Crippen LogP contribution in [0.3, 0.4) is 0 Å². The number of nitrogens with one attached hydrogen (secondary N) is 1. The molecular formula is C19H21NO3. The minimum atomic E-state index is -0.536. The lowest BCUT2D eigenvalue weighted by atomic mass is 10.0. The van der Waals surface area contributed by atoms with Crippen LogP contribution in [0.1, 0.15) is 36.7 Å². The number of ketones is 1. The van der Waals surface area contributed by atoms with Crippen LogP contribution in [-0.2, 0) is 11.2 Å². The lowest BCUT2D eigenvalue weighted by molar-refractivity contribution is 0.0635. The first kappa shape index (κ1) is 16.7. The molecule has 1 amide bonds. The van der Waals surface area contributed by atoms with Crippen LogP contribution in [0, 0.1) is 0 Å². The zero-order valence-electron chi connectivity index (χ0n) is 13.6. The van der Waals surface area contributed by atoms with E-state index in [0.29, 0.717) is 17.7 Å². The summed E-state index contributed by atoms with van der Waals surface area (Å²) in [6.45, 7) is 5.43. The maximum Gasteiger partial charge on any atom is 0.412 e. The highest BCUT2D eigenvalue weighted by Crippen LogP contribution is 2.14. The normalized spacial score (nSPS) is 10.9. The Kier molecular flexibility index (Phi) is 5.16. The van der Waals surface area contributed by atoms with Crippen molar-refractivity contribution in [2.75, 3.05) is 5.32 Å². The largest absolute Gasteiger partial charge is 0.444 e. The van der Waals surface area contributed by atoms with Gasteiger partial charge in [0.25, 0.3) is 0 Å². The number of hydrogen-bond acceptors (Lipinski definition) is 3. The van der Waals surface area contributed by atoms with Crippen LogP contribution in [0.4, 0.5) is 10.5 Å². The van der Waals surface area contributed by atoms with Gasteiger partial charge in [0.05, 0.1) is 0 Å². The minimum absolute atomic E-state index is 0.0680. The van der Waals surface area contributed by atoms with E-state index in [1.807, 2.05) is 51.1 Å². The zero-order valence-corrected chi connectivity index (χ0v) is 13.6. The summed E-state index contributed by atoms with van der Waals surface area (Å²) in [4.78, 5) is 23.8. The summed E-state index contributed by atoms with van der Waals surface area (Å²) in [6.07, 6.45) is -0.165. The molecule has 120 valence electrons. The van der Waals surface area contributed by atoms with Gasteiger partial charge in [0, 0.05) is 17.7 Å². The molecule has 2 rings (SSSR count). The molecule has 0 aliphatic carbocycles. The first-order chi connectivity index (χ1) is 10.8. The van der Waals surface area contributed by atoms with E-state index in [-0.39, 0.29) is 5.78 Å². The Morgan fingerprint density at radius 2 is 1.57 bits per heavy atom. The summed E-state index contributed by atoms with van der Waals surface area (Å²) in [5.41, 5.74) is 1.69. The average Bonchev–Trinajstić information content (AvgIpc) is 2.48. The Morgan fingerprint density at radius 1 is 0.957 bits per heavy atom. The molecule has 0 atom stereocenters. The second-order valence-electron chi connectivity index (χ2n) is 6.29. The van der Waals surface area contributed by atoms with Gasteiger partial charge in [-0.2, -0.15) is 0 Å². The van der Waals surface area contributed by atoms with Gasteiger partial charge >= 0.3 is 6.09 Å². The Bertz CT molecular complexity index is 670. The topological polar surface area (TPSA) is 55.4 Å². The second kappa shape index (κ2) is 7.09. The number of Topliss-reactive ketones (excluding diaryl/α,β-unsaturated/α-hetero) is 1. The van der Waals surface area contributed by atoms with Crippen molar-refractivity contribution >= 4 is 17.6 Å². The van der Waals surface area contributed by atoms with Crippen LogP contribution in [-0.4, -0.2) is 17.5 Å². The summed E-state index contributed by atoms with van der Waals surface area (Å²) >= 11 is 0. The molecule has 0 heterocycles. The molecule has 0 fully saturated rings. The Hall–Kier alpha value is -2.62. The highest BCUT2D eigenvalue weighted by molar-refractivity contribution is 5.97. The predicted octanol–water partition coefficient (Wildman–Crippen LogP) is 4.46. The van der Waals surface area contributed by atoms with Gasteiger partial charge in [-0.1, -0.05) is 42.5 Å². The molecule has 0 radical (unpaired) electrons. The van der Waals surface area contributed by atoms with E-state index in [4.69, 9.17) is 4.74 Å². The highest BCUT2D eigenvalue weighted by Gasteiger charge is 2.16. The van der Waals surface area contributed by atoms with Crippen LogP contribution < -0.4 is 5.32 Å². The molecule has 0 aromatic heterocycles. The van der Waals surface area contributed by atoms with Crippen LogP contribution in [0.5, 0.6) is 0 Å². The van der Waals surface area contributed by atoms with Gasteiger partial charge in [-0.15, -0.1) is 0 Å². The first-order valence-corrected chi connectivity index (χ1v) is 7.51. The number of rotatable bonds is 4. The molecule has 0 unspecified atom stereocenters. The smallest absolute Gasteiger partial charge is 0.412 e. The van der Waals surface area contributed by atoms with Crippen molar-refractivity contribution in [3.8, 4) is 0 Å².